The molecule has 0 saturated carbocycles. The van der Waals surface area contributed by atoms with Crippen molar-refractivity contribution >= 4 is 17.6 Å². The minimum absolute atomic E-state index is 0.329. The molecule has 0 aliphatic heterocycles. The number of rotatable bonds is 4. The lowest BCUT2D eigenvalue weighted by atomic mass is 10.1. The standard InChI is InChI=1S/C7H11ClO3/c1-5(4-8)3-6(11-2)7(9)10/h4,6H,3H2,1-2H3,(H,9,10). The zero-order valence-corrected chi connectivity index (χ0v) is 7.26. The molecular weight excluding hydrogens is 168 g/mol. The van der Waals surface area contributed by atoms with Crippen molar-refractivity contribution in [3.05, 3.63) is 11.1 Å². The van der Waals surface area contributed by atoms with Gasteiger partial charge in [-0.3, -0.25) is 0 Å². The fourth-order valence-electron chi connectivity index (χ4n) is 0.608. The highest BCUT2D eigenvalue weighted by molar-refractivity contribution is 6.25. The fraction of sp³-hybridized carbons (Fsp3) is 0.571. The minimum Gasteiger partial charge on any atom is -0.479 e. The van der Waals surface area contributed by atoms with Crippen molar-refractivity contribution in [3.8, 4) is 0 Å². The summed E-state index contributed by atoms with van der Waals surface area (Å²) in [5.74, 6) is -0.967. The third-order valence-electron chi connectivity index (χ3n) is 1.25. The first kappa shape index (κ1) is 10.5. The van der Waals surface area contributed by atoms with Crippen LogP contribution >= 0.6 is 11.6 Å². The second-order valence-corrected chi connectivity index (χ2v) is 2.44. The molecule has 4 heteroatoms. The van der Waals surface area contributed by atoms with Crippen LogP contribution in [0.15, 0.2) is 11.1 Å². The Balaban J connectivity index is 3.98. The van der Waals surface area contributed by atoms with Gasteiger partial charge < -0.3 is 9.84 Å². The normalized spacial score (nSPS) is 14.6. The molecule has 0 aromatic rings. The van der Waals surface area contributed by atoms with Crippen molar-refractivity contribution in [2.75, 3.05) is 7.11 Å². The Morgan fingerprint density at radius 1 is 1.82 bits per heavy atom. The Labute approximate surface area is 70.6 Å². The number of carboxylic acid groups (broad SMARTS) is 1. The summed E-state index contributed by atoms with van der Waals surface area (Å²) >= 11 is 5.35. The van der Waals surface area contributed by atoms with E-state index in [4.69, 9.17) is 16.7 Å². The maximum atomic E-state index is 10.4. The Kier molecular flexibility index (Phi) is 4.90. The van der Waals surface area contributed by atoms with Gasteiger partial charge in [-0.25, -0.2) is 4.79 Å². The summed E-state index contributed by atoms with van der Waals surface area (Å²) in [4.78, 5) is 10.4. The molecule has 0 aromatic heterocycles. The van der Waals surface area contributed by atoms with Crippen LogP contribution in [-0.4, -0.2) is 24.3 Å². The van der Waals surface area contributed by atoms with Gasteiger partial charge in [0.1, 0.15) is 0 Å². The van der Waals surface area contributed by atoms with E-state index < -0.39 is 12.1 Å². The van der Waals surface area contributed by atoms with Gasteiger partial charge in [-0.15, -0.1) is 0 Å². The zero-order chi connectivity index (χ0) is 8.85. The Hall–Kier alpha value is -0.540. The van der Waals surface area contributed by atoms with Crippen molar-refractivity contribution in [2.24, 2.45) is 0 Å². The quantitative estimate of drug-likeness (QED) is 0.712. The summed E-state index contributed by atoms with van der Waals surface area (Å²) in [5.41, 5.74) is 2.15. The van der Waals surface area contributed by atoms with E-state index in [1.807, 2.05) is 0 Å². The van der Waals surface area contributed by atoms with Gasteiger partial charge in [-0.05, 0) is 6.92 Å². The Bertz CT molecular complexity index is 165. The highest BCUT2D eigenvalue weighted by Crippen LogP contribution is 2.08. The predicted molar refractivity (Wildman–Crippen MR) is 42.7 cm³/mol. The van der Waals surface area contributed by atoms with E-state index in [9.17, 15) is 4.79 Å². The average molecular weight is 179 g/mol. The molecule has 0 amide bonds. The van der Waals surface area contributed by atoms with Crippen LogP contribution in [0.1, 0.15) is 13.3 Å². The van der Waals surface area contributed by atoms with E-state index in [1.54, 1.807) is 6.92 Å². The topological polar surface area (TPSA) is 46.5 Å². The Morgan fingerprint density at radius 2 is 2.36 bits per heavy atom. The van der Waals surface area contributed by atoms with E-state index >= 15 is 0 Å². The van der Waals surface area contributed by atoms with Gasteiger partial charge in [0, 0.05) is 19.1 Å². The van der Waals surface area contributed by atoms with Crippen LogP contribution in [0, 0.1) is 0 Å². The predicted octanol–water partition coefficient (Wildman–Crippen LogP) is 1.62. The van der Waals surface area contributed by atoms with E-state index in [1.165, 1.54) is 12.6 Å². The molecule has 0 spiro atoms. The summed E-state index contributed by atoms with van der Waals surface area (Å²) in [6, 6.07) is 0. The summed E-state index contributed by atoms with van der Waals surface area (Å²) in [7, 11) is 1.36. The number of aliphatic carboxylic acids is 1. The van der Waals surface area contributed by atoms with Crippen LogP contribution in [0.25, 0.3) is 0 Å². The molecule has 0 rings (SSSR count). The second kappa shape index (κ2) is 5.16. The number of methoxy groups -OCH3 is 1. The lowest BCUT2D eigenvalue weighted by Crippen LogP contribution is -2.22. The first-order chi connectivity index (χ1) is 5.11. The van der Waals surface area contributed by atoms with E-state index in [0.717, 1.165) is 5.57 Å². The lowest BCUT2D eigenvalue weighted by molar-refractivity contribution is -0.148. The van der Waals surface area contributed by atoms with Gasteiger partial charge in [0.2, 0.25) is 0 Å². The van der Waals surface area contributed by atoms with Gasteiger partial charge in [-0.2, -0.15) is 0 Å². The smallest absolute Gasteiger partial charge is 0.333 e. The van der Waals surface area contributed by atoms with Gasteiger partial charge in [0.25, 0.3) is 0 Å². The molecule has 0 aromatic carbocycles. The van der Waals surface area contributed by atoms with Crippen LogP contribution in [0.2, 0.25) is 0 Å². The largest absolute Gasteiger partial charge is 0.479 e. The first-order valence-electron chi connectivity index (χ1n) is 3.13. The van der Waals surface area contributed by atoms with E-state index in [-0.39, 0.29) is 0 Å². The number of hydrogen-bond acceptors (Lipinski definition) is 2. The van der Waals surface area contributed by atoms with Crippen LogP contribution in [-0.2, 0) is 9.53 Å². The monoisotopic (exact) mass is 178 g/mol. The van der Waals surface area contributed by atoms with E-state index in [2.05, 4.69) is 4.74 Å². The van der Waals surface area contributed by atoms with Crippen LogP contribution < -0.4 is 0 Å². The number of hydrogen-bond donors (Lipinski definition) is 1. The third-order valence-corrected chi connectivity index (χ3v) is 1.63. The molecule has 0 heterocycles. The molecule has 11 heavy (non-hydrogen) atoms. The number of halogens is 1. The van der Waals surface area contributed by atoms with E-state index in [0.29, 0.717) is 6.42 Å². The van der Waals surface area contributed by atoms with Gasteiger partial charge in [-0.1, -0.05) is 17.2 Å². The Morgan fingerprint density at radius 3 is 2.64 bits per heavy atom. The summed E-state index contributed by atoms with van der Waals surface area (Å²) in [6.45, 7) is 1.75. The summed E-state index contributed by atoms with van der Waals surface area (Å²) in [6.07, 6.45) is -0.458. The van der Waals surface area contributed by atoms with Crippen LogP contribution in [0.5, 0.6) is 0 Å². The highest BCUT2D eigenvalue weighted by atomic mass is 35.5. The second-order valence-electron chi connectivity index (χ2n) is 2.22. The molecule has 1 unspecified atom stereocenters. The number of carbonyl (C=O) groups is 1. The zero-order valence-electron chi connectivity index (χ0n) is 6.50. The van der Waals surface area contributed by atoms with Gasteiger partial charge in [0.05, 0.1) is 0 Å². The van der Waals surface area contributed by atoms with Gasteiger partial charge >= 0.3 is 5.97 Å². The van der Waals surface area contributed by atoms with Crippen molar-refractivity contribution in [2.45, 2.75) is 19.4 Å². The molecule has 0 aliphatic carbocycles. The molecule has 0 saturated heterocycles. The third kappa shape index (κ3) is 4.01. The molecule has 0 aliphatic rings. The average Bonchev–Trinajstić information content (AvgIpc) is 1.99. The van der Waals surface area contributed by atoms with Crippen molar-refractivity contribution in [1.29, 1.82) is 0 Å². The molecule has 0 bridgehead atoms. The molecule has 0 radical (unpaired) electrons. The molecule has 1 N–H and O–H groups in total. The molecule has 1 atom stereocenters. The number of ether oxygens (including phenoxy) is 1. The van der Waals surface area contributed by atoms with Crippen molar-refractivity contribution in [3.63, 3.8) is 0 Å². The van der Waals surface area contributed by atoms with Crippen LogP contribution in [0.3, 0.4) is 0 Å². The minimum atomic E-state index is -0.967. The number of carboxylic acids is 1. The highest BCUT2D eigenvalue weighted by Gasteiger charge is 2.15. The SMILES string of the molecule is COC(CC(C)=CCl)C(=O)O. The maximum Gasteiger partial charge on any atom is 0.333 e. The molecule has 0 fully saturated rings. The fourth-order valence-corrected chi connectivity index (χ4v) is 0.698. The molecular formula is C7H11ClO3. The van der Waals surface area contributed by atoms with Crippen LogP contribution in [0.4, 0.5) is 0 Å². The van der Waals surface area contributed by atoms with Gasteiger partial charge in [0.15, 0.2) is 6.10 Å². The summed E-state index contributed by atoms with van der Waals surface area (Å²) < 4.78 is 4.69. The molecule has 64 valence electrons. The first-order valence-corrected chi connectivity index (χ1v) is 3.57. The summed E-state index contributed by atoms with van der Waals surface area (Å²) in [5, 5.41) is 8.52. The lowest BCUT2D eigenvalue weighted by Gasteiger charge is -2.08. The molecule has 3 nitrogen and oxygen atoms in total. The van der Waals surface area contributed by atoms with Crippen molar-refractivity contribution in [1.82, 2.24) is 0 Å². The van der Waals surface area contributed by atoms with Crippen molar-refractivity contribution < 1.29 is 14.6 Å². The maximum absolute atomic E-state index is 10.4.